The van der Waals surface area contributed by atoms with E-state index in [0.29, 0.717) is 12.0 Å². The molecule has 0 spiro atoms. The highest BCUT2D eigenvalue weighted by Gasteiger charge is 2.27. The molecule has 1 aromatic rings. The van der Waals surface area contributed by atoms with Gasteiger partial charge < -0.3 is 15.6 Å². The van der Waals surface area contributed by atoms with E-state index in [4.69, 9.17) is 10.3 Å². The van der Waals surface area contributed by atoms with Gasteiger partial charge in [0.2, 0.25) is 0 Å². The van der Waals surface area contributed by atoms with Gasteiger partial charge in [-0.3, -0.25) is 0 Å². The zero-order chi connectivity index (χ0) is 13.1. The summed E-state index contributed by atoms with van der Waals surface area (Å²) in [7, 11) is 0. The Morgan fingerprint density at radius 2 is 2.11 bits per heavy atom. The van der Waals surface area contributed by atoms with Crippen molar-refractivity contribution in [3.05, 3.63) is 17.0 Å². The molecule has 18 heavy (non-hydrogen) atoms. The van der Waals surface area contributed by atoms with Crippen LogP contribution in [-0.4, -0.2) is 17.7 Å². The Morgan fingerprint density at radius 1 is 1.39 bits per heavy atom. The maximum atomic E-state index is 5.88. The van der Waals surface area contributed by atoms with Gasteiger partial charge in [-0.15, -0.1) is 0 Å². The lowest BCUT2D eigenvalue weighted by Gasteiger charge is -2.33. The SMILES string of the molecule is Cc1noc(C)c1C(C)NC1CCCCC1CN. The van der Waals surface area contributed by atoms with E-state index in [9.17, 15) is 0 Å². The van der Waals surface area contributed by atoms with Crippen LogP contribution in [0.15, 0.2) is 4.52 Å². The molecule has 3 N–H and O–H groups in total. The van der Waals surface area contributed by atoms with E-state index in [-0.39, 0.29) is 6.04 Å². The minimum absolute atomic E-state index is 0.286. The Morgan fingerprint density at radius 3 is 2.72 bits per heavy atom. The molecular weight excluding hydrogens is 226 g/mol. The summed E-state index contributed by atoms with van der Waals surface area (Å²) in [4.78, 5) is 0. The molecule has 0 bridgehead atoms. The fourth-order valence-electron chi connectivity index (χ4n) is 3.22. The van der Waals surface area contributed by atoms with Crippen LogP contribution in [0, 0.1) is 19.8 Å². The van der Waals surface area contributed by atoms with Crippen molar-refractivity contribution in [2.45, 2.75) is 58.5 Å². The van der Waals surface area contributed by atoms with E-state index in [0.717, 1.165) is 18.0 Å². The number of nitrogens with one attached hydrogen (secondary N) is 1. The third kappa shape index (κ3) is 2.75. The summed E-state index contributed by atoms with van der Waals surface area (Å²) in [6.45, 7) is 6.96. The normalized spacial score (nSPS) is 26.2. The smallest absolute Gasteiger partial charge is 0.138 e. The van der Waals surface area contributed by atoms with Crippen molar-refractivity contribution in [1.29, 1.82) is 0 Å². The standard InChI is InChI=1S/C14H25N3O/c1-9(14-10(2)17-18-11(14)3)16-13-7-5-4-6-12(13)8-15/h9,12-13,16H,4-8,15H2,1-3H3. The predicted molar refractivity (Wildman–Crippen MR) is 72.3 cm³/mol. The van der Waals surface area contributed by atoms with Crippen molar-refractivity contribution < 1.29 is 4.52 Å². The molecule has 0 aromatic carbocycles. The maximum Gasteiger partial charge on any atom is 0.138 e. The topological polar surface area (TPSA) is 64.1 Å². The van der Waals surface area contributed by atoms with Crippen LogP contribution in [0.4, 0.5) is 0 Å². The van der Waals surface area contributed by atoms with Gasteiger partial charge in [0.15, 0.2) is 0 Å². The molecule has 0 amide bonds. The Bertz CT molecular complexity index is 369. The molecule has 1 aromatic heterocycles. The first-order chi connectivity index (χ1) is 8.63. The number of hydrogen-bond acceptors (Lipinski definition) is 4. The summed E-state index contributed by atoms with van der Waals surface area (Å²) in [5.74, 6) is 1.54. The van der Waals surface area contributed by atoms with E-state index < -0.39 is 0 Å². The van der Waals surface area contributed by atoms with Gasteiger partial charge in [0.1, 0.15) is 5.76 Å². The number of aryl methyl sites for hydroxylation is 2. The number of rotatable bonds is 4. The molecule has 102 valence electrons. The van der Waals surface area contributed by atoms with Crippen molar-refractivity contribution in [2.75, 3.05) is 6.54 Å². The first-order valence-electron chi connectivity index (χ1n) is 7.02. The second-order valence-corrected chi connectivity index (χ2v) is 5.51. The summed E-state index contributed by atoms with van der Waals surface area (Å²) in [6.07, 6.45) is 5.11. The molecule has 1 aliphatic rings. The molecule has 2 rings (SSSR count). The zero-order valence-corrected chi connectivity index (χ0v) is 11.7. The molecule has 1 aliphatic carbocycles. The minimum atomic E-state index is 0.286. The van der Waals surface area contributed by atoms with Gasteiger partial charge in [0.05, 0.1) is 5.69 Å². The first-order valence-corrected chi connectivity index (χ1v) is 7.02. The lowest BCUT2D eigenvalue weighted by Crippen LogP contribution is -2.43. The van der Waals surface area contributed by atoms with Crippen LogP contribution < -0.4 is 11.1 Å². The van der Waals surface area contributed by atoms with Crippen molar-refractivity contribution >= 4 is 0 Å². The average Bonchev–Trinajstić information content (AvgIpc) is 2.69. The van der Waals surface area contributed by atoms with Gasteiger partial charge in [-0.2, -0.15) is 0 Å². The van der Waals surface area contributed by atoms with Crippen molar-refractivity contribution in [1.82, 2.24) is 10.5 Å². The lowest BCUT2D eigenvalue weighted by molar-refractivity contribution is 0.251. The van der Waals surface area contributed by atoms with Crippen LogP contribution in [0.1, 0.15) is 55.7 Å². The molecule has 1 heterocycles. The predicted octanol–water partition coefficient (Wildman–Crippen LogP) is 2.46. The van der Waals surface area contributed by atoms with Gasteiger partial charge in [-0.05, 0) is 46.1 Å². The largest absolute Gasteiger partial charge is 0.361 e. The number of aromatic nitrogens is 1. The fraction of sp³-hybridized carbons (Fsp3) is 0.786. The van der Waals surface area contributed by atoms with E-state index in [2.05, 4.69) is 17.4 Å². The van der Waals surface area contributed by atoms with Gasteiger partial charge in [0.25, 0.3) is 0 Å². The van der Waals surface area contributed by atoms with Crippen molar-refractivity contribution in [3.63, 3.8) is 0 Å². The summed E-state index contributed by atoms with van der Waals surface area (Å²) >= 11 is 0. The summed E-state index contributed by atoms with van der Waals surface area (Å²) in [5, 5.41) is 7.75. The van der Waals surface area contributed by atoms with Crippen LogP contribution in [0.3, 0.4) is 0 Å². The Balaban J connectivity index is 2.04. The fourth-order valence-corrected chi connectivity index (χ4v) is 3.22. The number of hydrogen-bond donors (Lipinski definition) is 2. The number of nitrogens with two attached hydrogens (primary N) is 1. The Hall–Kier alpha value is -0.870. The zero-order valence-electron chi connectivity index (χ0n) is 11.7. The summed E-state index contributed by atoms with van der Waals surface area (Å²) in [6, 6.07) is 0.820. The van der Waals surface area contributed by atoms with E-state index in [1.807, 2.05) is 13.8 Å². The van der Waals surface area contributed by atoms with Crippen molar-refractivity contribution in [2.24, 2.45) is 11.7 Å². The number of nitrogens with zero attached hydrogens (tertiary/aromatic N) is 1. The quantitative estimate of drug-likeness (QED) is 0.862. The Kier molecular flexibility index (Phi) is 4.40. The van der Waals surface area contributed by atoms with Crippen molar-refractivity contribution in [3.8, 4) is 0 Å². The van der Waals surface area contributed by atoms with Crippen LogP contribution in [0.25, 0.3) is 0 Å². The molecule has 1 fully saturated rings. The second-order valence-electron chi connectivity index (χ2n) is 5.51. The van der Waals surface area contributed by atoms with Crippen LogP contribution in [0.2, 0.25) is 0 Å². The van der Waals surface area contributed by atoms with Gasteiger partial charge in [0, 0.05) is 17.6 Å². The van der Waals surface area contributed by atoms with Crippen LogP contribution in [0.5, 0.6) is 0 Å². The molecular formula is C14H25N3O. The minimum Gasteiger partial charge on any atom is -0.361 e. The third-order valence-corrected chi connectivity index (χ3v) is 4.20. The van der Waals surface area contributed by atoms with Gasteiger partial charge in [-0.1, -0.05) is 18.0 Å². The van der Waals surface area contributed by atoms with Gasteiger partial charge >= 0.3 is 0 Å². The molecule has 4 nitrogen and oxygen atoms in total. The lowest BCUT2D eigenvalue weighted by atomic mass is 9.84. The second kappa shape index (κ2) is 5.85. The highest BCUT2D eigenvalue weighted by atomic mass is 16.5. The van der Waals surface area contributed by atoms with Gasteiger partial charge in [-0.25, -0.2) is 0 Å². The van der Waals surface area contributed by atoms with E-state index in [1.165, 1.54) is 31.2 Å². The highest BCUT2D eigenvalue weighted by molar-refractivity contribution is 5.24. The summed E-state index contributed by atoms with van der Waals surface area (Å²) in [5.41, 5.74) is 8.08. The van der Waals surface area contributed by atoms with E-state index >= 15 is 0 Å². The molecule has 3 unspecified atom stereocenters. The molecule has 3 atom stereocenters. The maximum absolute atomic E-state index is 5.88. The first kappa shape index (κ1) is 13.6. The van der Waals surface area contributed by atoms with E-state index in [1.54, 1.807) is 0 Å². The monoisotopic (exact) mass is 251 g/mol. The summed E-state index contributed by atoms with van der Waals surface area (Å²) < 4.78 is 5.24. The molecule has 0 radical (unpaired) electrons. The average molecular weight is 251 g/mol. The molecule has 0 saturated heterocycles. The van der Waals surface area contributed by atoms with Crippen LogP contribution >= 0.6 is 0 Å². The third-order valence-electron chi connectivity index (χ3n) is 4.20. The highest BCUT2D eigenvalue weighted by Crippen LogP contribution is 2.28. The Labute approximate surface area is 109 Å². The molecule has 1 saturated carbocycles. The van der Waals surface area contributed by atoms with Crippen LogP contribution in [-0.2, 0) is 0 Å². The molecule has 4 heteroatoms. The molecule has 0 aliphatic heterocycles.